The van der Waals surface area contributed by atoms with Gasteiger partial charge in [-0.15, -0.1) is 0 Å². The Kier molecular flexibility index (Phi) is 4.45. The van der Waals surface area contributed by atoms with Crippen molar-refractivity contribution in [2.75, 3.05) is 46.5 Å². The third-order valence-corrected chi connectivity index (χ3v) is 6.65. The molecule has 2 rings (SSSR count). The first-order valence-electron chi connectivity index (χ1n) is 6.15. The molecular formula is C11H23N2O2P. The highest BCUT2D eigenvalue weighted by molar-refractivity contribution is 7.64. The molecule has 1 atom stereocenters. The molecule has 94 valence electrons. The maximum Gasteiger partial charge on any atom is 0.130 e. The average Bonchev–Trinajstić information content (AvgIpc) is 2.40. The van der Waals surface area contributed by atoms with Crippen LogP contribution in [0.3, 0.4) is 0 Å². The van der Waals surface area contributed by atoms with Gasteiger partial charge in [0.25, 0.3) is 0 Å². The fraction of sp³-hybridized carbons (Fsp3) is 0.909. The maximum absolute atomic E-state index is 5.81. The third-order valence-electron chi connectivity index (χ3n) is 3.50. The number of morpholine rings is 1. The first kappa shape index (κ1) is 12.6. The van der Waals surface area contributed by atoms with Crippen molar-refractivity contribution >= 4 is 13.7 Å². The zero-order chi connectivity index (χ0) is 11.4. The van der Waals surface area contributed by atoms with Crippen molar-refractivity contribution < 1.29 is 9.26 Å². The molecule has 16 heavy (non-hydrogen) atoms. The van der Waals surface area contributed by atoms with Crippen LogP contribution < -0.4 is 0 Å². The van der Waals surface area contributed by atoms with Crippen LogP contribution in [0.15, 0.2) is 0 Å². The summed E-state index contributed by atoms with van der Waals surface area (Å²) in [5.74, 6) is 0. The predicted molar refractivity (Wildman–Crippen MR) is 68.9 cm³/mol. The van der Waals surface area contributed by atoms with E-state index in [1.54, 1.807) is 0 Å². The Morgan fingerprint density at radius 1 is 1.00 bits per heavy atom. The monoisotopic (exact) mass is 246 g/mol. The highest BCUT2D eigenvalue weighted by Gasteiger charge is 2.32. The molecule has 0 N–H and O–H groups in total. The van der Waals surface area contributed by atoms with E-state index in [9.17, 15) is 0 Å². The van der Waals surface area contributed by atoms with Gasteiger partial charge in [0.05, 0.1) is 13.2 Å². The largest absolute Gasteiger partial charge is 0.379 e. The molecule has 4 nitrogen and oxygen atoms in total. The minimum atomic E-state index is -1.76. The van der Waals surface area contributed by atoms with E-state index in [2.05, 4.69) is 15.6 Å². The second-order valence-corrected chi connectivity index (χ2v) is 7.25. The highest BCUT2D eigenvalue weighted by atomic mass is 31.2. The number of nitrogens with zero attached hydrogens (tertiary/aromatic N) is 2. The molecule has 0 aromatic rings. The van der Waals surface area contributed by atoms with Crippen LogP contribution in [-0.4, -0.2) is 62.1 Å². The van der Waals surface area contributed by atoms with Crippen LogP contribution in [0.1, 0.15) is 19.3 Å². The first-order chi connectivity index (χ1) is 7.77. The van der Waals surface area contributed by atoms with Gasteiger partial charge in [-0.05, 0) is 19.1 Å². The van der Waals surface area contributed by atoms with Gasteiger partial charge in [0, 0.05) is 33.3 Å². The molecular weight excluding hydrogens is 223 g/mol. The van der Waals surface area contributed by atoms with E-state index in [1.807, 2.05) is 7.11 Å². The summed E-state index contributed by atoms with van der Waals surface area (Å²) in [6.45, 7) is 5.83. The van der Waals surface area contributed by atoms with Crippen LogP contribution >= 0.6 is 7.41 Å². The van der Waals surface area contributed by atoms with Crippen molar-refractivity contribution in [3.63, 3.8) is 0 Å². The SMILES string of the molecule is C=P(OC)(N1CCCCC1)N1CCOCC1. The van der Waals surface area contributed by atoms with Gasteiger partial charge in [0.2, 0.25) is 0 Å². The summed E-state index contributed by atoms with van der Waals surface area (Å²) < 4.78 is 16.1. The van der Waals surface area contributed by atoms with Crippen LogP contribution in [0.5, 0.6) is 0 Å². The Morgan fingerprint density at radius 2 is 1.56 bits per heavy atom. The van der Waals surface area contributed by atoms with Crippen LogP contribution in [-0.2, 0) is 9.26 Å². The van der Waals surface area contributed by atoms with Crippen molar-refractivity contribution in [2.24, 2.45) is 0 Å². The summed E-state index contributed by atoms with van der Waals surface area (Å²) in [4.78, 5) is 0. The Balaban J connectivity index is 2.06. The molecule has 1 unspecified atom stereocenters. The summed E-state index contributed by atoms with van der Waals surface area (Å²) in [6.07, 6.45) is 8.34. The molecule has 0 saturated carbocycles. The van der Waals surface area contributed by atoms with E-state index < -0.39 is 7.41 Å². The number of hydrogen-bond donors (Lipinski definition) is 0. The lowest BCUT2D eigenvalue weighted by molar-refractivity contribution is 0.0657. The van der Waals surface area contributed by atoms with E-state index in [0.717, 1.165) is 39.4 Å². The molecule has 2 saturated heterocycles. The van der Waals surface area contributed by atoms with Crippen molar-refractivity contribution in [3.8, 4) is 0 Å². The Bertz CT molecular complexity index is 239. The lowest BCUT2D eigenvalue weighted by Crippen LogP contribution is -2.41. The number of rotatable bonds is 3. The summed E-state index contributed by atoms with van der Waals surface area (Å²) in [5.41, 5.74) is 0. The van der Waals surface area contributed by atoms with Crippen molar-refractivity contribution in [1.82, 2.24) is 9.34 Å². The van der Waals surface area contributed by atoms with Gasteiger partial charge in [0.1, 0.15) is 7.41 Å². The molecule has 0 aromatic carbocycles. The van der Waals surface area contributed by atoms with Gasteiger partial charge in [-0.3, -0.25) is 4.67 Å². The van der Waals surface area contributed by atoms with Gasteiger partial charge >= 0.3 is 0 Å². The number of hydrogen-bond acceptors (Lipinski definition) is 4. The molecule has 0 amide bonds. The summed E-state index contributed by atoms with van der Waals surface area (Å²) >= 11 is 0. The third kappa shape index (κ3) is 2.52. The smallest absolute Gasteiger partial charge is 0.130 e. The minimum absolute atomic E-state index is 0.814. The van der Waals surface area contributed by atoms with Crippen molar-refractivity contribution in [2.45, 2.75) is 19.3 Å². The zero-order valence-electron chi connectivity index (χ0n) is 10.2. The van der Waals surface area contributed by atoms with E-state index in [4.69, 9.17) is 9.26 Å². The van der Waals surface area contributed by atoms with E-state index in [-0.39, 0.29) is 0 Å². The lowest BCUT2D eigenvalue weighted by Gasteiger charge is -2.45. The molecule has 2 aliphatic rings. The fourth-order valence-corrected chi connectivity index (χ4v) is 4.98. The molecule has 5 heteroatoms. The summed E-state index contributed by atoms with van der Waals surface area (Å²) in [7, 11) is 0.0459. The topological polar surface area (TPSA) is 24.9 Å². The quantitative estimate of drug-likeness (QED) is 0.707. The van der Waals surface area contributed by atoms with Crippen molar-refractivity contribution in [3.05, 3.63) is 0 Å². The Hall–Kier alpha value is 0.140. The maximum atomic E-state index is 5.81. The molecule has 0 spiro atoms. The van der Waals surface area contributed by atoms with Crippen LogP contribution in [0.4, 0.5) is 0 Å². The molecule has 2 heterocycles. The molecule has 0 aromatic heterocycles. The molecule has 0 radical (unpaired) electrons. The fourth-order valence-electron chi connectivity index (χ4n) is 2.47. The second-order valence-electron chi connectivity index (χ2n) is 4.43. The minimum Gasteiger partial charge on any atom is -0.379 e. The first-order valence-corrected chi connectivity index (χ1v) is 7.95. The normalized spacial score (nSPS) is 28.8. The second kappa shape index (κ2) is 5.65. The molecule has 2 fully saturated rings. The van der Waals surface area contributed by atoms with E-state index in [1.165, 1.54) is 19.3 Å². The number of piperidine rings is 1. The lowest BCUT2D eigenvalue weighted by atomic mass is 10.2. The molecule has 2 aliphatic heterocycles. The Labute approximate surface area is 98.7 Å². The van der Waals surface area contributed by atoms with Crippen LogP contribution in [0.25, 0.3) is 0 Å². The van der Waals surface area contributed by atoms with Gasteiger partial charge in [-0.2, -0.15) is 0 Å². The van der Waals surface area contributed by atoms with Gasteiger partial charge < -0.3 is 9.26 Å². The van der Waals surface area contributed by atoms with E-state index >= 15 is 0 Å². The van der Waals surface area contributed by atoms with Gasteiger partial charge in [-0.1, -0.05) is 6.42 Å². The van der Waals surface area contributed by atoms with Gasteiger partial charge in [0.15, 0.2) is 0 Å². The zero-order valence-corrected chi connectivity index (χ0v) is 11.1. The average molecular weight is 246 g/mol. The van der Waals surface area contributed by atoms with E-state index in [0.29, 0.717) is 0 Å². The molecule has 0 bridgehead atoms. The standard InChI is InChI=1S/C11H23N2O2P/c1-14-16(2,12-6-4-3-5-7-12)13-8-10-15-11-9-13/h2-11H2,1H3. The van der Waals surface area contributed by atoms with Crippen LogP contribution in [0.2, 0.25) is 0 Å². The predicted octanol–water partition coefficient (Wildman–Crippen LogP) is 1.65. The Morgan fingerprint density at radius 3 is 2.12 bits per heavy atom. The summed E-state index contributed by atoms with van der Waals surface area (Å²) in [5, 5.41) is 0. The van der Waals surface area contributed by atoms with Crippen LogP contribution in [0, 0.1) is 0 Å². The van der Waals surface area contributed by atoms with Crippen molar-refractivity contribution in [1.29, 1.82) is 0 Å². The van der Waals surface area contributed by atoms with Gasteiger partial charge in [-0.25, -0.2) is 4.67 Å². The molecule has 0 aliphatic carbocycles. The number of ether oxygens (including phenoxy) is 1. The highest BCUT2D eigenvalue weighted by Crippen LogP contribution is 2.54. The summed E-state index contributed by atoms with van der Waals surface area (Å²) in [6, 6.07) is 0.